The summed E-state index contributed by atoms with van der Waals surface area (Å²) in [6, 6.07) is 13.1. The number of carbonyl (C=O) groups is 1. The van der Waals surface area contributed by atoms with Crippen LogP contribution in [0.2, 0.25) is 0 Å². The van der Waals surface area contributed by atoms with Gasteiger partial charge >= 0.3 is 0 Å². The first kappa shape index (κ1) is 16.4. The van der Waals surface area contributed by atoms with Gasteiger partial charge in [0.15, 0.2) is 11.5 Å². The second-order valence-electron chi connectivity index (χ2n) is 5.91. The first-order chi connectivity index (χ1) is 12.6. The van der Waals surface area contributed by atoms with Crippen LogP contribution in [0.25, 0.3) is 17.0 Å². The van der Waals surface area contributed by atoms with Crippen LogP contribution in [0.5, 0.6) is 11.5 Å². The Morgan fingerprint density at radius 3 is 2.92 bits per heavy atom. The van der Waals surface area contributed by atoms with Gasteiger partial charge in [-0.25, -0.2) is 0 Å². The summed E-state index contributed by atoms with van der Waals surface area (Å²) in [5.41, 5.74) is 2.88. The summed E-state index contributed by atoms with van der Waals surface area (Å²) >= 11 is 3.42. The van der Waals surface area contributed by atoms with Crippen LogP contribution in [0.15, 0.2) is 46.4 Å². The number of aromatic amines is 1. The Morgan fingerprint density at radius 1 is 1.31 bits per heavy atom. The Bertz CT molecular complexity index is 1120. The van der Waals surface area contributed by atoms with Gasteiger partial charge in [0.1, 0.15) is 11.6 Å². The number of carbonyl (C=O) groups excluding carboxylic acids is 1. The zero-order valence-electron chi connectivity index (χ0n) is 13.8. The standard InChI is InChI=1S/C20H13BrN2O3/c1-11-18(14-4-2-3-5-16(14)23-11)19(24)13(9-22)6-12-7-15(21)20-17(8-12)25-10-26-20/h2-8,23H,10H2,1H3. The molecular formula is C20H13BrN2O3. The molecule has 2 heterocycles. The number of ether oxygens (including phenoxy) is 2. The number of nitrogens with zero attached hydrogens (tertiary/aromatic N) is 1. The van der Waals surface area contributed by atoms with Gasteiger partial charge in [-0.1, -0.05) is 18.2 Å². The summed E-state index contributed by atoms with van der Waals surface area (Å²) in [6.07, 6.45) is 1.57. The van der Waals surface area contributed by atoms with Crippen molar-refractivity contribution in [3.05, 3.63) is 63.3 Å². The Morgan fingerprint density at radius 2 is 2.12 bits per heavy atom. The molecular weight excluding hydrogens is 396 g/mol. The molecule has 0 fully saturated rings. The molecule has 0 unspecified atom stereocenters. The average Bonchev–Trinajstić information content (AvgIpc) is 3.22. The third-order valence-corrected chi connectivity index (χ3v) is 4.84. The molecule has 3 aromatic rings. The largest absolute Gasteiger partial charge is 0.454 e. The van der Waals surface area contributed by atoms with Gasteiger partial charge in [-0.3, -0.25) is 4.79 Å². The molecule has 1 aliphatic rings. The third-order valence-electron chi connectivity index (χ3n) is 4.25. The monoisotopic (exact) mass is 408 g/mol. The van der Waals surface area contributed by atoms with Gasteiger partial charge in [0, 0.05) is 16.6 Å². The number of halogens is 1. The number of rotatable bonds is 3. The van der Waals surface area contributed by atoms with Crippen LogP contribution in [0.4, 0.5) is 0 Å². The summed E-state index contributed by atoms with van der Waals surface area (Å²) in [7, 11) is 0. The molecule has 1 N–H and O–H groups in total. The van der Waals surface area contributed by atoms with Crippen LogP contribution in [0.3, 0.4) is 0 Å². The van der Waals surface area contributed by atoms with E-state index in [-0.39, 0.29) is 18.1 Å². The molecule has 0 saturated heterocycles. The molecule has 0 amide bonds. The fourth-order valence-electron chi connectivity index (χ4n) is 3.09. The van der Waals surface area contributed by atoms with Crippen LogP contribution >= 0.6 is 15.9 Å². The fourth-order valence-corrected chi connectivity index (χ4v) is 3.66. The molecule has 0 atom stereocenters. The topological polar surface area (TPSA) is 75.1 Å². The number of Topliss-reactive ketones (excluding diaryl/α,β-unsaturated/α-hetero) is 1. The predicted octanol–water partition coefficient (Wildman–Crippen LogP) is 4.76. The first-order valence-corrected chi connectivity index (χ1v) is 8.70. The van der Waals surface area contributed by atoms with E-state index in [1.165, 1.54) is 0 Å². The van der Waals surface area contributed by atoms with E-state index in [4.69, 9.17) is 9.47 Å². The summed E-state index contributed by atoms with van der Waals surface area (Å²) in [5, 5.41) is 10.4. The van der Waals surface area contributed by atoms with E-state index in [1.54, 1.807) is 18.2 Å². The maximum atomic E-state index is 13.0. The minimum atomic E-state index is -0.309. The number of H-pyrrole nitrogens is 1. The van der Waals surface area contributed by atoms with Crippen molar-refractivity contribution in [3.63, 3.8) is 0 Å². The van der Waals surface area contributed by atoms with Crippen LogP contribution < -0.4 is 9.47 Å². The van der Waals surface area contributed by atoms with E-state index in [0.29, 0.717) is 27.1 Å². The zero-order chi connectivity index (χ0) is 18.3. The second-order valence-corrected chi connectivity index (χ2v) is 6.76. The number of allylic oxidation sites excluding steroid dienone is 1. The normalized spacial score (nSPS) is 13.0. The van der Waals surface area contributed by atoms with Crippen molar-refractivity contribution in [2.45, 2.75) is 6.92 Å². The number of hydrogen-bond acceptors (Lipinski definition) is 4. The molecule has 4 rings (SSSR count). The number of aryl methyl sites for hydroxylation is 1. The number of nitriles is 1. The molecule has 2 aromatic carbocycles. The summed E-state index contributed by atoms with van der Waals surface area (Å²) in [5.74, 6) is 0.898. The van der Waals surface area contributed by atoms with Crippen molar-refractivity contribution in [3.8, 4) is 17.6 Å². The number of fused-ring (bicyclic) bond motifs is 2. The number of nitrogens with one attached hydrogen (secondary N) is 1. The van der Waals surface area contributed by atoms with E-state index in [1.807, 2.05) is 37.3 Å². The molecule has 26 heavy (non-hydrogen) atoms. The van der Waals surface area contributed by atoms with Gasteiger partial charge in [0.2, 0.25) is 12.6 Å². The van der Waals surface area contributed by atoms with E-state index in [2.05, 4.69) is 20.9 Å². The van der Waals surface area contributed by atoms with Gasteiger partial charge in [0.05, 0.1) is 10.0 Å². The lowest BCUT2D eigenvalue weighted by molar-refractivity contribution is 0.104. The summed E-state index contributed by atoms with van der Waals surface area (Å²) < 4.78 is 11.5. The Kier molecular flexibility index (Phi) is 4.02. The maximum Gasteiger partial charge on any atom is 0.231 e. The molecule has 5 nitrogen and oxygen atoms in total. The molecule has 0 radical (unpaired) electrons. The van der Waals surface area contributed by atoms with Gasteiger partial charge < -0.3 is 14.5 Å². The minimum absolute atomic E-state index is 0.0589. The van der Waals surface area contributed by atoms with Crippen molar-refractivity contribution in [2.75, 3.05) is 6.79 Å². The highest BCUT2D eigenvalue weighted by atomic mass is 79.9. The van der Waals surface area contributed by atoms with Crippen molar-refractivity contribution >= 4 is 38.7 Å². The smallest absolute Gasteiger partial charge is 0.231 e. The Balaban J connectivity index is 1.79. The summed E-state index contributed by atoms with van der Waals surface area (Å²) in [6.45, 7) is 1.99. The summed E-state index contributed by atoms with van der Waals surface area (Å²) in [4.78, 5) is 16.2. The van der Waals surface area contributed by atoms with Crippen molar-refractivity contribution < 1.29 is 14.3 Å². The Hall–Kier alpha value is -3.04. The number of aromatic nitrogens is 1. The Labute approximate surface area is 158 Å². The van der Waals surface area contributed by atoms with Crippen molar-refractivity contribution in [1.82, 2.24) is 4.98 Å². The third kappa shape index (κ3) is 2.67. The van der Waals surface area contributed by atoms with Gasteiger partial charge in [-0.2, -0.15) is 5.26 Å². The van der Waals surface area contributed by atoms with E-state index >= 15 is 0 Å². The lowest BCUT2D eigenvalue weighted by atomic mass is 9.99. The number of ketones is 1. The molecule has 128 valence electrons. The second kappa shape index (κ2) is 6.36. The molecule has 0 bridgehead atoms. The molecule has 0 spiro atoms. The highest BCUT2D eigenvalue weighted by Gasteiger charge is 2.21. The first-order valence-electron chi connectivity index (χ1n) is 7.91. The molecule has 6 heteroatoms. The average molecular weight is 409 g/mol. The fraction of sp³-hybridized carbons (Fsp3) is 0.100. The van der Waals surface area contributed by atoms with Crippen LogP contribution in [-0.4, -0.2) is 17.6 Å². The van der Waals surface area contributed by atoms with Crippen molar-refractivity contribution in [2.24, 2.45) is 0 Å². The molecule has 1 aromatic heterocycles. The van der Waals surface area contributed by atoms with Crippen LogP contribution in [0, 0.1) is 18.3 Å². The van der Waals surface area contributed by atoms with Gasteiger partial charge in [-0.15, -0.1) is 0 Å². The highest BCUT2D eigenvalue weighted by molar-refractivity contribution is 9.10. The number of para-hydroxylation sites is 1. The zero-order valence-corrected chi connectivity index (χ0v) is 15.4. The van der Waals surface area contributed by atoms with Crippen molar-refractivity contribution in [1.29, 1.82) is 5.26 Å². The molecule has 0 aliphatic carbocycles. The SMILES string of the molecule is Cc1[nH]c2ccccc2c1C(=O)C(C#N)=Cc1cc(Br)c2c(c1)OCO2. The number of benzene rings is 2. The molecule has 0 saturated carbocycles. The van der Waals surface area contributed by atoms with Gasteiger partial charge in [0.25, 0.3) is 0 Å². The molecule has 1 aliphatic heterocycles. The predicted molar refractivity (Wildman–Crippen MR) is 101 cm³/mol. The van der Waals surface area contributed by atoms with Crippen LogP contribution in [-0.2, 0) is 0 Å². The number of hydrogen-bond donors (Lipinski definition) is 1. The van der Waals surface area contributed by atoms with E-state index < -0.39 is 0 Å². The van der Waals surface area contributed by atoms with Crippen LogP contribution in [0.1, 0.15) is 21.6 Å². The van der Waals surface area contributed by atoms with E-state index in [9.17, 15) is 10.1 Å². The minimum Gasteiger partial charge on any atom is -0.454 e. The van der Waals surface area contributed by atoms with E-state index in [0.717, 1.165) is 16.6 Å². The van der Waals surface area contributed by atoms with Gasteiger partial charge in [-0.05, 0) is 52.7 Å². The maximum absolute atomic E-state index is 13.0. The highest BCUT2D eigenvalue weighted by Crippen LogP contribution is 2.40. The lowest BCUT2D eigenvalue weighted by Crippen LogP contribution is -2.03. The quantitative estimate of drug-likeness (QED) is 0.385. The lowest BCUT2D eigenvalue weighted by Gasteiger charge is -2.03.